The topological polar surface area (TPSA) is 29.9 Å². The summed E-state index contributed by atoms with van der Waals surface area (Å²) >= 11 is 0. The summed E-state index contributed by atoms with van der Waals surface area (Å²) in [7, 11) is 1.70. The lowest BCUT2D eigenvalue weighted by Crippen LogP contribution is -2.49. The molecule has 0 N–H and O–H groups in total. The van der Waals surface area contributed by atoms with Gasteiger partial charge in [0.1, 0.15) is 6.21 Å². The number of aryl methyl sites for hydroxylation is 1. The number of aromatic nitrogens is 2. The van der Waals surface area contributed by atoms with Crippen LogP contribution in [0.1, 0.15) is 11.3 Å². The molecule has 0 saturated heterocycles. The van der Waals surface area contributed by atoms with Gasteiger partial charge in [-0.15, -0.1) is 0 Å². The van der Waals surface area contributed by atoms with Crippen molar-refractivity contribution < 1.29 is 13.1 Å². The highest BCUT2D eigenvalue weighted by molar-refractivity contribution is 6.57. The molecular formula is C19H14BF2N3O. The number of nitrogens with zero attached hydrogens (tertiary/aromatic N) is 3. The average molecular weight is 349 g/mol. The fourth-order valence-corrected chi connectivity index (χ4v) is 3.90. The predicted octanol–water partition coefficient (Wildman–Crippen LogP) is 2.99. The van der Waals surface area contributed by atoms with Crippen LogP contribution in [0.3, 0.4) is 0 Å². The molecular weight excluding hydrogens is 335 g/mol. The minimum absolute atomic E-state index is 0.211. The van der Waals surface area contributed by atoms with E-state index in [-0.39, 0.29) is 5.56 Å². The van der Waals surface area contributed by atoms with Crippen molar-refractivity contribution in [3.63, 3.8) is 0 Å². The van der Waals surface area contributed by atoms with Gasteiger partial charge in [-0.2, -0.15) is 0 Å². The van der Waals surface area contributed by atoms with Crippen LogP contribution >= 0.6 is 0 Å². The number of allylic oxidation sites excluding steroid dienone is 2. The first-order valence-corrected chi connectivity index (χ1v) is 8.33. The van der Waals surface area contributed by atoms with E-state index in [0.717, 1.165) is 19.9 Å². The van der Waals surface area contributed by atoms with Gasteiger partial charge >= 0.3 is 6.97 Å². The van der Waals surface area contributed by atoms with E-state index in [9.17, 15) is 13.4 Å². The van der Waals surface area contributed by atoms with Gasteiger partial charge in [0.2, 0.25) is 0 Å². The molecule has 0 fully saturated rings. The Morgan fingerprint density at radius 2 is 1.92 bits per heavy atom. The maximum Gasteiger partial charge on any atom is 0.737 e. The Balaban J connectivity index is 1.91. The number of pyridine rings is 1. The van der Waals surface area contributed by atoms with E-state index in [0.29, 0.717) is 22.5 Å². The van der Waals surface area contributed by atoms with Gasteiger partial charge in [0.15, 0.2) is 5.70 Å². The Labute approximate surface area is 147 Å². The number of rotatable bonds is 1. The molecule has 0 aliphatic carbocycles. The van der Waals surface area contributed by atoms with Crippen LogP contribution in [0.4, 0.5) is 8.63 Å². The van der Waals surface area contributed by atoms with Crippen LogP contribution in [0.2, 0.25) is 0 Å². The molecule has 4 nitrogen and oxygen atoms in total. The number of fused-ring (bicyclic) bond motifs is 3. The van der Waals surface area contributed by atoms with Gasteiger partial charge in [-0.1, -0.05) is 18.2 Å². The third kappa shape index (κ3) is 1.77. The van der Waals surface area contributed by atoms with Crippen LogP contribution in [0.15, 0.2) is 71.3 Å². The molecule has 0 radical (unpaired) electrons. The molecule has 3 aromatic rings. The fraction of sp³-hybridized carbons (Fsp3) is 0.0526. The number of hydrogen-bond donors (Lipinski definition) is 0. The van der Waals surface area contributed by atoms with Gasteiger partial charge in [-0.25, -0.2) is 0 Å². The molecule has 0 unspecified atom stereocenters. The summed E-state index contributed by atoms with van der Waals surface area (Å²) in [6, 6.07) is 12.6. The summed E-state index contributed by atoms with van der Waals surface area (Å²) in [6.07, 6.45) is 5.95. The first-order chi connectivity index (χ1) is 12.5. The Kier molecular flexibility index (Phi) is 2.85. The average Bonchev–Trinajstić information content (AvgIpc) is 3.30. The normalized spacial score (nSPS) is 17.4. The summed E-state index contributed by atoms with van der Waals surface area (Å²) in [5.74, 6) is 0. The lowest BCUT2D eigenvalue weighted by Gasteiger charge is -2.30. The number of para-hydroxylation sites is 1. The molecule has 0 amide bonds. The SMILES string of the molecule is Cn1c(=O)c(C2=C3C=CC=[N+]3[B-](F)(F)n3cccc32)cc2ccccc21. The predicted molar refractivity (Wildman–Crippen MR) is 98.5 cm³/mol. The van der Waals surface area contributed by atoms with E-state index in [4.69, 9.17) is 0 Å². The van der Waals surface area contributed by atoms with E-state index in [2.05, 4.69) is 0 Å². The van der Waals surface area contributed by atoms with E-state index >= 15 is 0 Å². The van der Waals surface area contributed by atoms with Crippen molar-refractivity contribution in [1.29, 1.82) is 0 Å². The molecule has 128 valence electrons. The molecule has 0 bridgehead atoms. The lowest BCUT2D eigenvalue weighted by atomic mass is 9.86. The largest absolute Gasteiger partial charge is 0.737 e. The Morgan fingerprint density at radius 3 is 2.77 bits per heavy atom. The highest BCUT2D eigenvalue weighted by Gasteiger charge is 2.51. The molecule has 0 atom stereocenters. The van der Waals surface area contributed by atoms with Crippen LogP contribution in [-0.4, -0.2) is 26.7 Å². The monoisotopic (exact) mass is 349 g/mol. The third-order valence-corrected chi connectivity index (χ3v) is 5.14. The van der Waals surface area contributed by atoms with Gasteiger partial charge in [0, 0.05) is 24.9 Å². The maximum absolute atomic E-state index is 14.9. The van der Waals surface area contributed by atoms with Crippen molar-refractivity contribution in [3.05, 3.63) is 88.1 Å². The molecule has 1 aromatic carbocycles. The molecule has 0 saturated carbocycles. The standard InChI is InChI=1S/C19H14BF2N3O/c1-23-15-7-3-2-6-13(15)12-14(19(23)26)18-16-8-4-10-24(16)20(21,22)25-11-5-9-17(18)25/h2-12H,1H3. The van der Waals surface area contributed by atoms with E-state index in [1.807, 2.05) is 24.3 Å². The summed E-state index contributed by atoms with van der Waals surface area (Å²) in [6.45, 7) is -3.97. The number of halogens is 2. The Bertz CT molecular complexity index is 1250. The first kappa shape index (κ1) is 15.1. The van der Waals surface area contributed by atoms with Crippen molar-refractivity contribution in [1.82, 2.24) is 9.05 Å². The number of benzene rings is 1. The maximum atomic E-state index is 14.9. The Morgan fingerprint density at radius 1 is 1.12 bits per heavy atom. The van der Waals surface area contributed by atoms with Gasteiger partial charge in [0.25, 0.3) is 5.56 Å². The van der Waals surface area contributed by atoms with E-state index in [1.165, 1.54) is 12.4 Å². The molecule has 0 spiro atoms. The minimum Gasteiger partial charge on any atom is -0.396 e. The zero-order valence-electron chi connectivity index (χ0n) is 13.9. The van der Waals surface area contributed by atoms with Crippen molar-refractivity contribution in [2.24, 2.45) is 7.05 Å². The summed E-state index contributed by atoms with van der Waals surface area (Å²) in [4.78, 5) is 13.0. The van der Waals surface area contributed by atoms with Crippen LogP contribution in [0, 0.1) is 0 Å². The van der Waals surface area contributed by atoms with Crippen molar-refractivity contribution >= 4 is 29.7 Å². The Hall–Kier alpha value is -3.22. The third-order valence-electron chi connectivity index (χ3n) is 5.14. The molecule has 2 aliphatic heterocycles. The van der Waals surface area contributed by atoms with Crippen LogP contribution < -0.4 is 5.56 Å². The van der Waals surface area contributed by atoms with E-state index < -0.39 is 6.97 Å². The number of hydrogen-bond acceptors (Lipinski definition) is 1. The van der Waals surface area contributed by atoms with Crippen LogP contribution in [0.25, 0.3) is 16.5 Å². The van der Waals surface area contributed by atoms with Gasteiger partial charge < -0.3 is 22.2 Å². The first-order valence-electron chi connectivity index (χ1n) is 8.33. The second-order valence-electron chi connectivity index (χ2n) is 6.55. The van der Waals surface area contributed by atoms with Gasteiger partial charge in [-0.05, 0) is 35.8 Å². The second kappa shape index (κ2) is 4.91. The lowest BCUT2D eigenvalue weighted by molar-refractivity contribution is -0.356. The highest BCUT2D eigenvalue weighted by atomic mass is 19.2. The van der Waals surface area contributed by atoms with Gasteiger partial charge in [-0.3, -0.25) is 4.79 Å². The zero-order chi connectivity index (χ0) is 18.1. The molecule has 7 heteroatoms. The van der Waals surface area contributed by atoms with Crippen LogP contribution in [0.5, 0.6) is 0 Å². The molecule has 2 aromatic heterocycles. The summed E-state index contributed by atoms with van der Waals surface area (Å²) in [5, 5.41) is 0.885. The molecule has 4 heterocycles. The molecule has 26 heavy (non-hydrogen) atoms. The van der Waals surface area contributed by atoms with Crippen molar-refractivity contribution in [3.8, 4) is 0 Å². The smallest absolute Gasteiger partial charge is 0.396 e. The minimum atomic E-state index is -3.97. The quantitative estimate of drug-likeness (QED) is 0.622. The van der Waals surface area contributed by atoms with Crippen LogP contribution in [-0.2, 0) is 7.05 Å². The van der Waals surface area contributed by atoms with Crippen molar-refractivity contribution in [2.75, 3.05) is 0 Å². The summed E-state index contributed by atoms with van der Waals surface area (Å²) in [5.41, 5.74) is 2.24. The van der Waals surface area contributed by atoms with Gasteiger partial charge in [0.05, 0.1) is 16.7 Å². The summed E-state index contributed by atoms with van der Waals surface area (Å²) < 4.78 is 33.2. The molecule has 5 rings (SSSR count). The molecule has 2 aliphatic rings. The van der Waals surface area contributed by atoms with E-state index in [1.54, 1.807) is 42.0 Å². The fourth-order valence-electron chi connectivity index (χ4n) is 3.90. The second-order valence-corrected chi connectivity index (χ2v) is 6.55. The highest BCUT2D eigenvalue weighted by Crippen LogP contribution is 2.37. The van der Waals surface area contributed by atoms with Crippen molar-refractivity contribution in [2.45, 2.75) is 0 Å². The zero-order valence-corrected chi connectivity index (χ0v) is 13.9.